The van der Waals surface area contributed by atoms with Gasteiger partial charge in [0.25, 0.3) is 0 Å². The summed E-state index contributed by atoms with van der Waals surface area (Å²) in [7, 11) is 0. The van der Waals surface area contributed by atoms with E-state index in [4.69, 9.17) is 5.11 Å². The van der Waals surface area contributed by atoms with Gasteiger partial charge in [0.1, 0.15) is 0 Å². The highest BCUT2D eigenvalue weighted by molar-refractivity contribution is 7.13. The zero-order chi connectivity index (χ0) is 12.4. The molecule has 2 rings (SSSR count). The predicted octanol–water partition coefficient (Wildman–Crippen LogP) is 3.08. The number of hydrogen-bond donors (Lipinski definition) is 2. The number of aromatic carboxylic acids is 1. The van der Waals surface area contributed by atoms with E-state index < -0.39 is 5.97 Å². The van der Waals surface area contributed by atoms with Gasteiger partial charge in [-0.05, 0) is 31.1 Å². The summed E-state index contributed by atoms with van der Waals surface area (Å²) in [5.41, 5.74) is 0.134. The van der Waals surface area contributed by atoms with E-state index in [1.807, 2.05) is 0 Å². The van der Waals surface area contributed by atoms with Crippen LogP contribution in [0.1, 0.15) is 43.6 Å². The molecular formula is C12H18N2O2S. The van der Waals surface area contributed by atoms with Gasteiger partial charge in [-0.15, -0.1) is 11.3 Å². The van der Waals surface area contributed by atoms with Crippen molar-refractivity contribution < 1.29 is 9.90 Å². The Hall–Kier alpha value is -1.10. The molecule has 17 heavy (non-hydrogen) atoms. The van der Waals surface area contributed by atoms with Gasteiger partial charge in [0.05, 0.1) is 0 Å². The maximum absolute atomic E-state index is 10.7. The highest BCUT2D eigenvalue weighted by Crippen LogP contribution is 2.31. The highest BCUT2D eigenvalue weighted by atomic mass is 32.1. The van der Waals surface area contributed by atoms with E-state index in [9.17, 15) is 4.79 Å². The maximum Gasteiger partial charge on any atom is 0.355 e. The van der Waals surface area contributed by atoms with Gasteiger partial charge in [-0.2, -0.15) is 0 Å². The molecule has 0 saturated heterocycles. The van der Waals surface area contributed by atoms with Crippen LogP contribution < -0.4 is 5.32 Å². The Labute approximate surface area is 105 Å². The van der Waals surface area contributed by atoms with Crippen molar-refractivity contribution >= 4 is 22.4 Å². The van der Waals surface area contributed by atoms with Crippen LogP contribution in [0.3, 0.4) is 0 Å². The average molecular weight is 254 g/mol. The topological polar surface area (TPSA) is 62.2 Å². The van der Waals surface area contributed by atoms with Crippen LogP contribution in [0, 0.1) is 11.8 Å². The molecular weight excluding hydrogens is 236 g/mol. The molecule has 4 nitrogen and oxygen atoms in total. The lowest BCUT2D eigenvalue weighted by atomic mass is 9.80. The highest BCUT2D eigenvalue weighted by Gasteiger charge is 2.24. The van der Waals surface area contributed by atoms with E-state index >= 15 is 0 Å². The number of hydrogen-bond acceptors (Lipinski definition) is 4. The molecule has 94 valence electrons. The molecule has 2 N–H and O–H groups in total. The molecule has 2 unspecified atom stereocenters. The molecule has 1 fully saturated rings. The fourth-order valence-electron chi connectivity index (χ4n) is 2.68. The van der Waals surface area contributed by atoms with Crippen molar-refractivity contribution in [3.8, 4) is 0 Å². The lowest BCUT2D eigenvalue weighted by Crippen LogP contribution is -2.30. The van der Waals surface area contributed by atoms with Gasteiger partial charge in [0.2, 0.25) is 0 Å². The van der Waals surface area contributed by atoms with Crippen LogP contribution in [-0.4, -0.2) is 22.1 Å². The summed E-state index contributed by atoms with van der Waals surface area (Å²) < 4.78 is 0. The molecule has 0 aliphatic heterocycles. The number of carboxylic acid groups (broad SMARTS) is 1. The van der Waals surface area contributed by atoms with E-state index in [0.29, 0.717) is 6.04 Å². The Bertz CT molecular complexity index is 395. The summed E-state index contributed by atoms with van der Waals surface area (Å²) in [6.45, 7) is 4.55. The van der Waals surface area contributed by atoms with Gasteiger partial charge in [-0.25, -0.2) is 9.78 Å². The van der Waals surface area contributed by atoms with E-state index in [0.717, 1.165) is 29.8 Å². The standard InChI is InChI=1S/C12H18N2O2S/c1-7-3-8(2)5-9(4-7)13-12-14-10(6-17-12)11(15)16/h6-9H,3-5H2,1-2H3,(H,13,14)(H,15,16). The van der Waals surface area contributed by atoms with Crippen molar-refractivity contribution in [1.82, 2.24) is 4.98 Å². The van der Waals surface area contributed by atoms with Gasteiger partial charge in [-0.1, -0.05) is 13.8 Å². The molecule has 1 heterocycles. The van der Waals surface area contributed by atoms with Crippen LogP contribution >= 0.6 is 11.3 Å². The van der Waals surface area contributed by atoms with E-state index in [-0.39, 0.29) is 5.69 Å². The second kappa shape index (κ2) is 5.04. The number of nitrogens with zero attached hydrogens (tertiary/aromatic N) is 1. The van der Waals surface area contributed by atoms with Crippen LogP contribution in [0.5, 0.6) is 0 Å². The van der Waals surface area contributed by atoms with Gasteiger partial charge in [0, 0.05) is 11.4 Å². The molecule has 0 spiro atoms. The first kappa shape index (κ1) is 12.4. The smallest absolute Gasteiger partial charge is 0.355 e. The molecule has 1 saturated carbocycles. The van der Waals surface area contributed by atoms with Crippen molar-refractivity contribution in [1.29, 1.82) is 0 Å². The summed E-state index contributed by atoms with van der Waals surface area (Å²) in [6.07, 6.45) is 3.58. The number of rotatable bonds is 3. The zero-order valence-electron chi connectivity index (χ0n) is 10.1. The number of nitrogens with one attached hydrogen (secondary N) is 1. The number of thiazole rings is 1. The fourth-order valence-corrected chi connectivity index (χ4v) is 3.44. The third-order valence-corrected chi connectivity index (χ3v) is 4.00. The van der Waals surface area contributed by atoms with Crippen LogP contribution in [0.4, 0.5) is 5.13 Å². The molecule has 1 aromatic rings. The first-order chi connectivity index (χ1) is 8.04. The molecule has 1 aromatic heterocycles. The minimum absolute atomic E-state index is 0.134. The molecule has 1 aliphatic carbocycles. The Kier molecular flexibility index (Phi) is 3.66. The van der Waals surface area contributed by atoms with Crippen LogP contribution in [0.2, 0.25) is 0 Å². The Morgan fingerprint density at radius 3 is 2.59 bits per heavy atom. The number of anilines is 1. The Morgan fingerprint density at radius 2 is 2.06 bits per heavy atom. The van der Waals surface area contributed by atoms with Crippen LogP contribution in [-0.2, 0) is 0 Å². The summed E-state index contributed by atoms with van der Waals surface area (Å²) in [4.78, 5) is 14.8. The van der Waals surface area contributed by atoms with Crippen molar-refractivity contribution in [3.63, 3.8) is 0 Å². The number of aromatic nitrogens is 1. The van der Waals surface area contributed by atoms with Crippen molar-refractivity contribution in [3.05, 3.63) is 11.1 Å². The minimum Gasteiger partial charge on any atom is -0.476 e. The lowest BCUT2D eigenvalue weighted by molar-refractivity contribution is 0.0691. The Balaban J connectivity index is 1.97. The molecule has 0 aromatic carbocycles. The largest absolute Gasteiger partial charge is 0.476 e. The lowest BCUT2D eigenvalue weighted by Gasteiger charge is -2.31. The monoisotopic (exact) mass is 254 g/mol. The molecule has 1 aliphatic rings. The summed E-state index contributed by atoms with van der Waals surface area (Å²) in [5.74, 6) is 0.505. The van der Waals surface area contributed by atoms with Gasteiger partial charge >= 0.3 is 5.97 Å². The normalized spacial score (nSPS) is 28.9. The molecule has 2 atom stereocenters. The molecule has 0 bridgehead atoms. The summed E-state index contributed by atoms with van der Waals surface area (Å²) >= 11 is 1.37. The second-order valence-corrected chi connectivity index (χ2v) is 5.96. The van der Waals surface area contributed by atoms with Gasteiger partial charge in [-0.3, -0.25) is 0 Å². The molecule has 0 amide bonds. The zero-order valence-corrected chi connectivity index (χ0v) is 11.0. The fraction of sp³-hybridized carbons (Fsp3) is 0.667. The van der Waals surface area contributed by atoms with Gasteiger partial charge in [0.15, 0.2) is 10.8 Å². The maximum atomic E-state index is 10.7. The van der Waals surface area contributed by atoms with E-state index in [1.54, 1.807) is 5.38 Å². The predicted molar refractivity (Wildman–Crippen MR) is 68.7 cm³/mol. The number of carbonyl (C=O) groups is 1. The third-order valence-electron chi connectivity index (χ3n) is 3.23. The minimum atomic E-state index is -0.959. The van der Waals surface area contributed by atoms with Crippen molar-refractivity contribution in [2.75, 3.05) is 5.32 Å². The van der Waals surface area contributed by atoms with E-state index in [2.05, 4.69) is 24.1 Å². The average Bonchev–Trinajstić information content (AvgIpc) is 2.64. The summed E-state index contributed by atoms with van der Waals surface area (Å²) in [6, 6.07) is 0.432. The second-order valence-electron chi connectivity index (χ2n) is 5.10. The molecule has 5 heteroatoms. The molecule has 0 radical (unpaired) electrons. The van der Waals surface area contributed by atoms with Crippen molar-refractivity contribution in [2.24, 2.45) is 11.8 Å². The number of carboxylic acids is 1. The van der Waals surface area contributed by atoms with Crippen molar-refractivity contribution in [2.45, 2.75) is 39.2 Å². The SMILES string of the molecule is CC1CC(C)CC(Nc2nc(C(=O)O)cs2)C1. The van der Waals surface area contributed by atoms with Crippen LogP contribution in [0.15, 0.2) is 5.38 Å². The van der Waals surface area contributed by atoms with Crippen LogP contribution in [0.25, 0.3) is 0 Å². The van der Waals surface area contributed by atoms with Gasteiger partial charge < -0.3 is 10.4 Å². The third kappa shape index (κ3) is 3.19. The first-order valence-electron chi connectivity index (χ1n) is 6.00. The Morgan fingerprint density at radius 1 is 1.41 bits per heavy atom. The summed E-state index contributed by atoms with van der Waals surface area (Å²) in [5, 5.41) is 14.5. The quantitative estimate of drug-likeness (QED) is 0.870. The first-order valence-corrected chi connectivity index (χ1v) is 6.88. The van der Waals surface area contributed by atoms with E-state index in [1.165, 1.54) is 17.8 Å².